The zero-order valence-corrected chi connectivity index (χ0v) is 14.2. The van der Waals surface area contributed by atoms with Crippen LogP contribution in [0.25, 0.3) is 0 Å². The van der Waals surface area contributed by atoms with Crippen LogP contribution in [0.2, 0.25) is 0 Å². The maximum absolute atomic E-state index is 12.1. The Hall–Kier alpha value is -1.57. The molecule has 1 aromatic carbocycles. The minimum atomic E-state index is -1.49. The molecule has 0 aliphatic carbocycles. The zero-order chi connectivity index (χ0) is 16.7. The van der Waals surface area contributed by atoms with E-state index in [2.05, 4.69) is 4.81 Å². The third-order valence-corrected chi connectivity index (χ3v) is 4.29. The highest BCUT2D eigenvalue weighted by molar-refractivity contribution is 6.79. The molecule has 2 heterocycles. The molecule has 126 valence electrons. The maximum Gasteiger partial charge on any atom is 0.414 e. The average molecular weight is 319 g/mol. The second-order valence-corrected chi connectivity index (χ2v) is 7.08. The van der Waals surface area contributed by atoms with Gasteiger partial charge in [0, 0.05) is 25.9 Å². The van der Waals surface area contributed by atoms with Gasteiger partial charge in [-0.05, 0) is 46.0 Å². The first-order chi connectivity index (χ1) is 10.8. The van der Waals surface area contributed by atoms with Crippen LogP contribution in [0.1, 0.15) is 20.8 Å². The highest BCUT2D eigenvalue weighted by Gasteiger charge is 2.43. The van der Waals surface area contributed by atoms with Gasteiger partial charge in [-0.2, -0.15) is 0 Å². The molecule has 0 aromatic heterocycles. The molecule has 2 saturated heterocycles. The van der Waals surface area contributed by atoms with Crippen molar-refractivity contribution in [2.45, 2.75) is 26.4 Å². The topological polar surface area (TPSA) is 51.2 Å². The second-order valence-electron chi connectivity index (χ2n) is 7.08. The lowest BCUT2D eigenvalue weighted by atomic mass is 9.63. The first-order valence-electron chi connectivity index (χ1n) is 8.06. The van der Waals surface area contributed by atoms with Gasteiger partial charge in [-0.1, -0.05) is 12.1 Å². The van der Waals surface area contributed by atoms with Crippen LogP contribution >= 0.6 is 0 Å². The summed E-state index contributed by atoms with van der Waals surface area (Å²) in [5, 5.41) is 0. The zero-order valence-electron chi connectivity index (χ0n) is 14.2. The van der Waals surface area contributed by atoms with Crippen molar-refractivity contribution in [3.05, 3.63) is 24.3 Å². The Kier molecular flexibility index (Phi) is 4.12. The van der Waals surface area contributed by atoms with Crippen LogP contribution in [0.3, 0.4) is 0 Å². The molecule has 0 atom stereocenters. The molecule has 0 unspecified atom stereocenters. The number of hydrogen-bond donors (Lipinski definition) is 0. The smallest absolute Gasteiger partial charge is 0.414 e. The van der Waals surface area contributed by atoms with Crippen molar-refractivity contribution in [3.8, 4) is 0 Å². The largest absolute Gasteiger partial charge is 0.550 e. The summed E-state index contributed by atoms with van der Waals surface area (Å²) < 4.78 is 17.2. The molecule has 7 heteroatoms. The van der Waals surface area contributed by atoms with E-state index in [0.717, 1.165) is 24.2 Å². The lowest BCUT2D eigenvalue weighted by Crippen LogP contribution is -2.57. The third kappa shape index (κ3) is 3.09. The molecule has 2 fully saturated rings. The number of benzene rings is 1. The predicted molar refractivity (Wildman–Crippen MR) is 89.9 cm³/mol. The van der Waals surface area contributed by atoms with E-state index < -0.39 is 12.3 Å². The number of nitrogens with zero attached hydrogens (tertiary/aromatic N) is 2. The molecule has 1 amide bonds. The minimum absolute atomic E-state index is 0.371. The summed E-state index contributed by atoms with van der Waals surface area (Å²) in [5.41, 5.74) is 1.28. The minimum Gasteiger partial charge on any atom is -0.550 e. The first-order valence-corrected chi connectivity index (χ1v) is 8.06. The molecule has 0 radical (unpaired) electrons. The molecule has 0 N–H and O–H groups in total. The molecule has 23 heavy (non-hydrogen) atoms. The van der Waals surface area contributed by atoms with Crippen LogP contribution in [0.4, 0.5) is 10.5 Å². The molecule has 0 saturated carbocycles. The Morgan fingerprint density at radius 1 is 1.17 bits per heavy atom. The van der Waals surface area contributed by atoms with Crippen LogP contribution in [0.15, 0.2) is 24.3 Å². The van der Waals surface area contributed by atoms with Crippen molar-refractivity contribution in [3.63, 3.8) is 0 Å². The van der Waals surface area contributed by atoms with Gasteiger partial charge in [0.1, 0.15) is 5.60 Å². The van der Waals surface area contributed by atoms with Gasteiger partial charge in [-0.15, -0.1) is 5.46 Å². The van der Waals surface area contributed by atoms with Gasteiger partial charge >= 0.3 is 12.8 Å². The molecule has 2 aliphatic heterocycles. The number of anilines is 1. The highest BCUT2D eigenvalue weighted by atomic mass is 16.6. The van der Waals surface area contributed by atoms with Crippen molar-refractivity contribution in [2.24, 2.45) is 0 Å². The molecule has 1 aromatic rings. The SMILES string of the molecule is CN(C(=O)OC(C)(C)C)c1ccc([B-]23OCCN2CCO3)cc1. The fourth-order valence-corrected chi connectivity index (χ4v) is 3.15. The summed E-state index contributed by atoms with van der Waals surface area (Å²) in [6.07, 6.45) is -0.371. The number of carbonyl (C=O) groups excluding carboxylic acids is 1. The second kappa shape index (κ2) is 5.81. The van der Waals surface area contributed by atoms with Crippen LogP contribution < -0.4 is 10.4 Å². The van der Waals surface area contributed by atoms with E-state index in [0.29, 0.717) is 13.2 Å². The number of rotatable bonds is 2. The van der Waals surface area contributed by atoms with Crippen LogP contribution in [0.5, 0.6) is 0 Å². The van der Waals surface area contributed by atoms with E-state index in [-0.39, 0.29) is 6.09 Å². The first kappa shape index (κ1) is 16.3. The standard InChI is InChI=1S/C16H24BN2O4/c1-16(2,3)23-15(20)18(4)14-7-5-13(6-8-14)17-19(9-11-21-17)10-12-22-17/h5-8H,9-12H2,1-4H3/q-1. The van der Waals surface area contributed by atoms with Gasteiger partial charge in [0.05, 0.1) is 0 Å². The molecule has 0 spiro atoms. The van der Waals surface area contributed by atoms with Crippen LogP contribution in [-0.2, 0) is 14.0 Å². The van der Waals surface area contributed by atoms with Crippen LogP contribution in [0, 0.1) is 0 Å². The van der Waals surface area contributed by atoms with Gasteiger partial charge in [-0.3, -0.25) is 4.90 Å². The lowest BCUT2D eigenvalue weighted by molar-refractivity contribution is 0.0589. The van der Waals surface area contributed by atoms with Crippen molar-refractivity contribution < 1.29 is 18.8 Å². The predicted octanol–water partition coefficient (Wildman–Crippen LogP) is 1.57. The number of carbonyl (C=O) groups is 1. The molecular formula is C16H24BN2O4-. The van der Waals surface area contributed by atoms with E-state index in [1.54, 1.807) is 7.05 Å². The Balaban J connectivity index is 1.76. The number of hydrogen-bond acceptors (Lipinski definition) is 5. The Morgan fingerprint density at radius 2 is 1.74 bits per heavy atom. The van der Waals surface area contributed by atoms with Crippen molar-refractivity contribution in [1.82, 2.24) is 4.81 Å². The molecule has 6 nitrogen and oxygen atoms in total. The van der Waals surface area contributed by atoms with Gasteiger partial charge < -0.3 is 18.9 Å². The van der Waals surface area contributed by atoms with Crippen molar-refractivity contribution in [2.75, 3.05) is 38.3 Å². The van der Waals surface area contributed by atoms with E-state index in [1.807, 2.05) is 45.0 Å². The summed E-state index contributed by atoms with van der Waals surface area (Å²) in [5.74, 6) is 0. The third-order valence-electron chi connectivity index (χ3n) is 4.29. The van der Waals surface area contributed by atoms with E-state index in [4.69, 9.17) is 14.0 Å². The summed E-state index contributed by atoms with van der Waals surface area (Å²) >= 11 is 0. The van der Waals surface area contributed by atoms with Crippen molar-refractivity contribution in [1.29, 1.82) is 0 Å². The van der Waals surface area contributed by atoms with Crippen LogP contribution in [-0.4, -0.2) is 56.5 Å². The van der Waals surface area contributed by atoms with E-state index >= 15 is 0 Å². The molecule has 2 aliphatic rings. The Labute approximate surface area is 137 Å². The normalized spacial score (nSPS) is 20.3. The fraction of sp³-hybridized carbons (Fsp3) is 0.562. The van der Waals surface area contributed by atoms with E-state index in [9.17, 15) is 4.79 Å². The summed E-state index contributed by atoms with van der Waals surface area (Å²) in [6.45, 7) is 7.26. The number of fused-ring (bicyclic) bond motifs is 1. The molecule has 0 bridgehead atoms. The van der Waals surface area contributed by atoms with Gasteiger partial charge in [0.2, 0.25) is 0 Å². The quantitative estimate of drug-likeness (QED) is 0.775. The number of ether oxygens (including phenoxy) is 1. The highest BCUT2D eigenvalue weighted by Crippen LogP contribution is 2.25. The molecular weight excluding hydrogens is 295 g/mol. The average Bonchev–Trinajstić information content (AvgIpc) is 3.05. The fourth-order valence-electron chi connectivity index (χ4n) is 3.15. The monoisotopic (exact) mass is 319 g/mol. The Morgan fingerprint density at radius 3 is 2.26 bits per heavy atom. The van der Waals surface area contributed by atoms with Gasteiger partial charge in [0.15, 0.2) is 0 Å². The molecule has 3 rings (SSSR count). The van der Waals surface area contributed by atoms with Gasteiger partial charge in [0.25, 0.3) is 0 Å². The lowest BCUT2D eigenvalue weighted by Gasteiger charge is -2.37. The van der Waals surface area contributed by atoms with Gasteiger partial charge in [-0.25, -0.2) is 4.79 Å². The number of amides is 1. The summed E-state index contributed by atoms with van der Waals surface area (Å²) in [6, 6.07) is 7.74. The summed E-state index contributed by atoms with van der Waals surface area (Å²) in [4.78, 5) is 15.9. The Bertz CT molecular complexity index is 575. The van der Waals surface area contributed by atoms with E-state index in [1.165, 1.54) is 4.90 Å². The maximum atomic E-state index is 12.1. The van der Waals surface area contributed by atoms with Crippen molar-refractivity contribution >= 4 is 23.9 Å². The summed E-state index contributed by atoms with van der Waals surface area (Å²) in [7, 11) is 1.71.